The van der Waals surface area contributed by atoms with Gasteiger partial charge in [0, 0.05) is 23.1 Å². The second-order valence-electron chi connectivity index (χ2n) is 7.70. The first-order chi connectivity index (χ1) is 13.3. The van der Waals surface area contributed by atoms with E-state index in [9.17, 15) is 4.79 Å². The van der Waals surface area contributed by atoms with Crippen molar-refractivity contribution in [2.75, 3.05) is 19.7 Å². The molecule has 2 aromatic rings. The maximum atomic E-state index is 12.8. The van der Waals surface area contributed by atoms with Crippen LogP contribution in [0.1, 0.15) is 38.3 Å². The number of benzene rings is 2. The molecule has 0 aliphatic heterocycles. The van der Waals surface area contributed by atoms with Gasteiger partial charge in [-0.25, -0.2) is 0 Å². The van der Waals surface area contributed by atoms with Crippen molar-refractivity contribution in [1.29, 1.82) is 5.26 Å². The summed E-state index contributed by atoms with van der Waals surface area (Å²) < 4.78 is 6.88. The molecule has 0 bridgehead atoms. The first-order valence-corrected chi connectivity index (χ1v) is 10.2. The Kier molecular flexibility index (Phi) is 8.07. The second-order valence-corrected chi connectivity index (χ2v) is 8.62. The summed E-state index contributed by atoms with van der Waals surface area (Å²) in [6.45, 7) is 7.29. The molecule has 28 heavy (non-hydrogen) atoms. The summed E-state index contributed by atoms with van der Waals surface area (Å²) in [5.74, 6) is 0.612. The van der Waals surface area contributed by atoms with Crippen molar-refractivity contribution in [2.45, 2.75) is 39.0 Å². The zero-order chi connectivity index (χ0) is 20.6. The van der Waals surface area contributed by atoms with Gasteiger partial charge in [0.1, 0.15) is 5.75 Å². The van der Waals surface area contributed by atoms with E-state index in [4.69, 9.17) is 10.00 Å². The summed E-state index contributed by atoms with van der Waals surface area (Å²) in [4.78, 5) is 14.5. The molecule has 4 nitrogen and oxygen atoms in total. The largest absolute Gasteiger partial charge is 0.483 e. The molecule has 0 heterocycles. The van der Waals surface area contributed by atoms with Gasteiger partial charge in [0.15, 0.2) is 6.61 Å². The average molecular weight is 443 g/mol. The van der Waals surface area contributed by atoms with E-state index < -0.39 is 0 Å². The molecule has 0 saturated heterocycles. The van der Waals surface area contributed by atoms with Crippen LogP contribution in [0.25, 0.3) is 0 Å². The highest BCUT2D eigenvalue weighted by Crippen LogP contribution is 2.33. The Bertz CT molecular complexity index is 823. The number of carbonyl (C=O) groups is 1. The Morgan fingerprint density at radius 2 is 1.86 bits per heavy atom. The monoisotopic (exact) mass is 442 g/mol. The maximum Gasteiger partial charge on any atom is 0.260 e. The van der Waals surface area contributed by atoms with Crippen molar-refractivity contribution in [3.8, 4) is 11.8 Å². The molecule has 0 spiro atoms. The van der Waals surface area contributed by atoms with E-state index >= 15 is 0 Å². The van der Waals surface area contributed by atoms with Crippen LogP contribution in [-0.4, -0.2) is 30.5 Å². The lowest BCUT2D eigenvalue weighted by Gasteiger charge is -2.25. The first kappa shape index (κ1) is 22.0. The molecule has 0 fully saturated rings. The van der Waals surface area contributed by atoms with Crippen LogP contribution in [0.5, 0.6) is 5.75 Å². The molecular weight excluding hydrogens is 416 g/mol. The van der Waals surface area contributed by atoms with Crippen LogP contribution >= 0.6 is 15.9 Å². The molecular formula is C23H27BrN2O2. The fourth-order valence-electron chi connectivity index (χ4n) is 2.90. The number of ether oxygens (including phenoxy) is 1. The second kappa shape index (κ2) is 10.3. The number of nitrogens with zero attached hydrogens (tertiary/aromatic N) is 2. The van der Waals surface area contributed by atoms with E-state index in [2.05, 4.69) is 42.8 Å². The molecule has 0 unspecified atom stereocenters. The van der Waals surface area contributed by atoms with Crippen LogP contribution in [-0.2, 0) is 16.6 Å². The number of rotatable bonds is 8. The molecule has 0 N–H and O–H groups in total. The van der Waals surface area contributed by atoms with E-state index in [-0.39, 0.29) is 17.9 Å². The van der Waals surface area contributed by atoms with Gasteiger partial charge in [-0.2, -0.15) is 5.26 Å². The van der Waals surface area contributed by atoms with Crippen molar-refractivity contribution in [3.63, 3.8) is 0 Å². The van der Waals surface area contributed by atoms with E-state index in [0.717, 1.165) is 16.5 Å². The van der Waals surface area contributed by atoms with Crippen LogP contribution in [0.4, 0.5) is 0 Å². The standard InChI is InChI=1S/C23H27BrN2O2/c1-23(2,3)20-16-19(24)10-11-21(20)28-17-22(27)26(14-7-13-25)15-12-18-8-5-4-6-9-18/h4-6,8-11,16H,7,12,14-15,17H2,1-3H3. The van der Waals surface area contributed by atoms with Gasteiger partial charge >= 0.3 is 0 Å². The predicted molar refractivity (Wildman–Crippen MR) is 115 cm³/mol. The lowest BCUT2D eigenvalue weighted by molar-refractivity contribution is -0.133. The Morgan fingerprint density at radius 1 is 1.14 bits per heavy atom. The lowest BCUT2D eigenvalue weighted by Crippen LogP contribution is -2.37. The SMILES string of the molecule is CC(C)(C)c1cc(Br)ccc1OCC(=O)N(CCC#N)CCc1ccccc1. The fraction of sp³-hybridized carbons (Fsp3) is 0.391. The van der Waals surface area contributed by atoms with Crippen molar-refractivity contribution < 1.29 is 9.53 Å². The molecule has 2 rings (SSSR count). The number of halogens is 1. The molecule has 5 heteroatoms. The van der Waals surface area contributed by atoms with Gasteiger partial charge in [-0.05, 0) is 35.6 Å². The molecule has 2 aromatic carbocycles. The van der Waals surface area contributed by atoms with Gasteiger partial charge in [0.2, 0.25) is 0 Å². The van der Waals surface area contributed by atoms with E-state index in [1.54, 1.807) is 4.90 Å². The summed E-state index contributed by atoms with van der Waals surface area (Å²) >= 11 is 3.50. The normalized spacial score (nSPS) is 11.0. The predicted octanol–water partition coefficient (Wildman–Crippen LogP) is 5.11. The maximum absolute atomic E-state index is 12.8. The zero-order valence-corrected chi connectivity index (χ0v) is 18.3. The highest BCUT2D eigenvalue weighted by Gasteiger charge is 2.21. The summed E-state index contributed by atoms with van der Waals surface area (Å²) in [6.07, 6.45) is 1.07. The fourth-order valence-corrected chi connectivity index (χ4v) is 3.26. The summed E-state index contributed by atoms with van der Waals surface area (Å²) in [5, 5.41) is 8.92. The van der Waals surface area contributed by atoms with Crippen molar-refractivity contribution in [2.24, 2.45) is 0 Å². The van der Waals surface area contributed by atoms with Crippen molar-refractivity contribution in [1.82, 2.24) is 4.90 Å². The highest BCUT2D eigenvalue weighted by atomic mass is 79.9. The number of carbonyl (C=O) groups excluding carboxylic acids is 1. The van der Waals surface area contributed by atoms with Gasteiger partial charge < -0.3 is 9.64 Å². The Labute approximate surface area is 176 Å². The third-order valence-corrected chi connectivity index (χ3v) is 4.95. The zero-order valence-electron chi connectivity index (χ0n) is 16.7. The minimum atomic E-state index is -0.103. The van der Waals surface area contributed by atoms with Crippen LogP contribution in [0.2, 0.25) is 0 Å². The Hall–Kier alpha value is -2.32. The van der Waals surface area contributed by atoms with E-state index in [1.807, 2.05) is 48.5 Å². The van der Waals surface area contributed by atoms with Crippen molar-refractivity contribution in [3.05, 3.63) is 64.1 Å². The smallest absolute Gasteiger partial charge is 0.260 e. The van der Waals surface area contributed by atoms with E-state index in [1.165, 1.54) is 5.56 Å². The van der Waals surface area contributed by atoms with Crippen LogP contribution < -0.4 is 4.74 Å². The number of hydrogen-bond acceptors (Lipinski definition) is 3. The van der Waals surface area contributed by atoms with Crippen LogP contribution in [0, 0.1) is 11.3 Å². The lowest BCUT2D eigenvalue weighted by atomic mass is 9.86. The molecule has 0 saturated carbocycles. The quantitative estimate of drug-likeness (QED) is 0.570. The number of hydrogen-bond donors (Lipinski definition) is 0. The first-order valence-electron chi connectivity index (χ1n) is 9.42. The topological polar surface area (TPSA) is 53.3 Å². The summed E-state index contributed by atoms with van der Waals surface area (Å²) in [5.41, 5.74) is 2.11. The van der Waals surface area contributed by atoms with Crippen LogP contribution in [0.15, 0.2) is 53.0 Å². The highest BCUT2D eigenvalue weighted by molar-refractivity contribution is 9.10. The van der Waals surface area contributed by atoms with Gasteiger partial charge in [-0.15, -0.1) is 0 Å². The third-order valence-electron chi connectivity index (χ3n) is 4.46. The minimum Gasteiger partial charge on any atom is -0.483 e. The minimum absolute atomic E-state index is 0.0368. The molecule has 0 radical (unpaired) electrons. The number of amides is 1. The molecule has 1 amide bonds. The third kappa shape index (κ3) is 6.69. The Balaban J connectivity index is 2.04. The summed E-state index contributed by atoms with van der Waals surface area (Å²) in [6, 6.07) is 18.0. The van der Waals surface area contributed by atoms with Gasteiger partial charge in [-0.1, -0.05) is 67.0 Å². The molecule has 0 aliphatic carbocycles. The van der Waals surface area contributed by atoms with Crippen molar-refractivity contribution >= 4 is 21.8 Å². The van der Waals surface area contributed by atoms with Gasteiger partial charge in [0.05, 0.1) is 12.5 Å². The number of nitriles is 1. The summed E-state index contributed by atoms with van der Waals surface area (Å²) in [7, 11) is 0. The Morgan fingerprint density at radius 3 is 2.50 bits per heavy atom. The molecule has 0 aromatic heterocycles. The molecule has 0 aliphatic rings. The van der Waals surface area contributed by atoms with Crippen LogP contribution in [0.3, 0.4) is 0 Å². The molecule has 148 valence electrons. The van der Waals surface area contributed by atoms with Gasteiger partial charge in [0.25, 0.3) is 5.91 Å². The van der Waals surface area contributed by atoms with Gasteiger partial charge in [-0.3, -0.25) is 4.79 Å². The molecule has 0 atom stereocenters. The van der Waals surface area contributed by atoms with E-state index in [0.29, 0.717) is 25.3 Å². The average Bonchev–Trinajstić information content (AvgIpc) is 2.67.